The molecule has 0 aromatic heterocycles. The van der Waals surface area contributed by atoms with Gasteiger partial charge in [0.05, 0.1) is 28.7 Å². The molecule has 2 rings (SSSR count). The number of benzene rings is 1. The highest BCUT2D eigenvalue weighted by Gasteiger charge is 2.27. The van der Waals surface area contributed by atoms with Gasteiger partial charge in [0, 0.05) is 13.1 Å². The first-order chi connectivity index (χ1) is 8.91. The molecular weight excluding hydrogens is 292 g/mol. The van der Waals surface area contributed by atoms with Crippen molar-refractivity contribution in [2.75, 3.05) is 26.3 Å². The van der Waals surface area contributed by atoms with Crippen LogP contribution in [0.1, 0.15) is 10.4 Å². The van der Waals surface area contributed by atoms with Gasteiger partial charge in [-0.05, 0) is 12.1 Å². The van der Waals surface area contributed by atoms with Crippen LogP contribution in [0.5, 0.6) is 0 Å². The molecule has 0 saturated carbocycles. The Hall–Kier alpha value is -1.15. The molecule has 2 N–H and O–H groups in total. The Labute approximate surface area is 116 Å². The SMILES string of the molecule is NS(=O)(=O)c1cccc(Cl)c1C(=O)N1CCOCC1. The Morgan fingerprint density at radius 2 is 1.95 bits per heavy atom. The summed E-state index contributed by atoms with van der Waals surface area (Å²) in [5.41, 5.74) is -0.0754. The molecule has 6 nitrogen and oxygen atoms in total. The molecule has 0 radical (unpaired) electrons. The van der Waals surface area contributed by atoms with E-state index < -0.39 is 15.9 Å². The minimum absolute atomic E-state index is 0.0722. The Morgan fingerprint density at radius 3 is 2.53 bits per heavy atom. The normalized spacial score (nSPS) is 16.4. The number of halogens is 1. The second kappa shape index (κ2) is 5.46. The van der Waals surface area contributed by atoms with E-state index in [0.29, 0.717) is 26.3 Å². The van der Waals surface area contributed by atoms with Crippen molar-refractivity contribution >= 4 is 27.5 Å². The third-order valence-electron chi connectivity index (χ3n) is 2.79. The van der Waals surface area contributed by atoms with Crippen molar-refractivity contribution in [2.45, 2.75) is 4.90 Å². The van der Waals surface area contributed by atoms with E-state index in [1.54, 1.807) is 0 Å². The smallest absolute Gasteiger partial charge is 0.256 e. The molecule has 1 amide bonds. The van der Waals surface area contributed by atoms with Gasteiger partial charge in [0.15, 0.2) is 0 Å². The highest BCUT2D eigenvalue weighted by atomic mass is 35.5. The second-order valence-electron chi connectivity index (χ2n) is 4.06. The lowest BCUT2D eigenvalue weighted by Gasteiger charge is -2.27. The number of primary sulfonamides is 1. The first-order valence-corrected chi connectivity index (χ1v) is 7.52. The van der Waals surface area contributed by atoms with E-state index in [9.17, 15) is 13.2 Å². The molecule has 1 saturated heterocycles. The largest absolute Gasteiger partial charge is 0.378 e. The number of amides is 1. The van der Waals surface area contributed by atoms with Crippen molar-refractivity contribution in [1.82, 2.24) is 4.90 Å². The van der Waals surface area contributed by atoms with Crippen LogP contribution in [0.3, 0.4) is 0 Å². The summed E-state index contributed by atoms with van der Waals surface area (Å²) in [6.45, 7) is 1.63. The van der Waals surface area contributed by atoms with Crippen LogP contribution in [0.25, 0.3) is 0 Å². The molecule has 0 aliphatic carbocycles. The van der Waals surface area contributed by atoms with Gasteiger partial charge in [0.2, 0.25) is 10.0 Å². The van der Waals surface area contributed by atoms with E-state index in [-0.39, 0.29) is 15.5 Å². The highest BCUT2D eigenvalue weighted by molar-refractivity contribution is 7.89. The standard InChI is InChI=1S/C11H13ClN2O4S/c12-8-2-1-3-9(19(13,16)17)10(8)11(15)14-4-6-18-7-5-14/h1-3H,4-7H2,(H2,13,16,17). The molecule has 1 aromatic rings. The van der Waals surface area contributed by atoms with Gasteiger partial charge in [-0.25, -0.2) is 13.6 Å². The fourth-order valence-corrected chi connectivity index (χ4v) is 2.93. The number of carbonyl (C=O) groups excluding carboxylic acids is 1. The monoisotopic (exact) mass is 304 g/mol. The van der Waals surface area contributed by atoms with E-state index in [1.165, 1.54) is 23.1 Å². The zero-order valence-electron chi connectivity index (χ0n) is 10.0. The molecule has 8 heteroatoms. The predicted octanol–water partition coefficient (Wildman–Crippen LogP) is 0.460. The zero-order valence-corrected chi connectivity index (χ0v) is 11.6. The summed E-state index contributed by atoms with van der Waals surface area (Å²) < 4.78 is 28.2. The van der Waals surface area contributed by atoms with Crippen molar-refractivity contribution in [3.8, 4) is 0 Å². The predicted molar refractivity (Wildman–Crippen MR) is 69.5 cm³/mol. The van der Waals surface area contributed by atoms with Gasteiger partial charge in [-0.2, -0.15) is 0 Å². The molecule has 0 bridgehead atoms. The Bertz CT molecular complexity index is 597. The lowest BCUT2D eigenvalue weighted by molar-refractivity contribution is 0.0300. The first-order valence-electron chi connectivity index (χ1n) is 5.59. The zero-order chi connectivity index (χ0) is 14.0. The van der Waals surface area contributed by atoms with Gasteiger partial charge in [-0.1, -0.05) is 17.7 Å². The third kappa shape index (κ3) is 3.06. The molecule has 1 heterocycles. The molecule has 1 aliphatic rings. The quantitative estimate of drug-likeness (QED) is 0.859. The molecular formula is C11H13ClN2O4S. The number of hydrogen-bond donors (Lipinski definition) is 1. The van der Waals surface area contributed by atoms with E-state index in [2.05, 4.69) is 0 Å². The molecule has 1 aromatic carbocycles. The number of sulfonamides is 1. The van der Waals surface area contributed by atoms with E-state index in [4.69, 9.17) is 21.5 Å². The fourth-order valence-electron chi connectivity index (χ4n) is 1.87. The molecule has 1 fully saturated rings. The van der Waals surface area contributed by atoms with Gasteiger partial charge < -0.3 is 9.64 Å². The van der Waals surface area contributed by atoms with Crippen molar-refractivity contribution in [3.05, 3.63) is 28.8 Å². The lowest BCUT2D eigenvalue weighted by atomic mass is 10.2. The average molecular weight is 305 g/mol. The van der Waals surface area contributed by atoms with Gasteiger partial charge >= 0.3 is 0 Å². The Morgan fingerprint density at radius 1 is 1.32 bits per heavy atom. The van der Waals surface area contributed by atoms with Crippen molar-refractivity contribution in [1.29, 1.82) is 0 Å². The van der Waals surface area contributed by atoms with Crippen LogP contribution < -0.4 is 5.14 Å². The van der Waals surface area contributed by atoms with Crippen LogP contribution in [0.4, 0.5) is 0 Å². The van der Waals surface area contributed by atoms with Crippen LogP contribution in [-0.4, -0.2) is 45.5 Å². The maximum absolute atomic E-state index is 12.4. The highest BCUT2D eigenvalue weighted by Crippen LogP contribution is 2.25. The maximum atomic E-state index is 12.4. The molecule has 0 spiro atoms. The number of rotatable bonds is 2. The molecule has 19 heavy (non-hydrogen) atoms. The van der Waals surface area contributed by atoms with Crippen molar-refractivity contribution in [3.63, 3.8) is 0 Å². The maximum Gasteiger partial charge on any atom is 0.256 e. The van der Waals surface area contributed by atoms with E-state index in [1.807, 2.05) is 0 Å². The molecule has 0 atom stereocenters. The third-order valence-corrected chi connectivity index (χ3v) is 4.06. The van der Waals surface area contributed by atoms with Gasteiger partial charge in [0.1, 0.15) is 0 Å². The number of hydrogen-bond acceptors (Lipinski definition) is 4. The number of nitrogens with zero attached hydrogens (tertiary/aromatic N) is 1. The number of ether oxygens (including phenoxy) is 1. The van der Waals surface area contributed by atoms with Crippen LogP contribution in [0.2, 0.25) is 5.02 Å². The summed E-state index contributed by atoms with van der Waals surface area (Å²) in [7, 11) is -4.00. The van der Waals surface area contributed by atoms with Crippen LogP contribution in [-0.2, 0) is 14.8 Å². The molecule has 0 unspecified atom stereocenters. The molecule has 1 aliphatic heterocycles. The summed E-state index contributed by atoms with van der Waals surface area (Å²) in [4.78, 5) is 13.6. The number of carbonyl (C=O) groups is 1. The summed E-state index contributed by atoms with van der Waals surface area (Å²) in [6.07, 6.45) is 0. The van der Waals surface area contributed by atoms with E-state index in [0.717, 1.165) is 0 Å². The first kappa shape index (κ1) is 14.3. The molecule has 104 valence electrons. The Kier molecular flexibility index (Phi) is 4.10. The van der Waals surface area contributed by atoms with Gasteiger partial charge in [-0.15, -0.1) is 0 Å². The van der Waals surface area contributed by atoms with Crippen molar-refractivity contribution in [2.24, 2.45) is 5.14 Å². The summed E-state index contributed by atoms with van der Waals surface area (Å²) in [6, 6.07) is 4.18. The second-order valence-corrected chi connectivity index (χ2v) is 6.00. The van der Waals surface area contributed by atoms with E-state index >= 15 is 0 Å². The number of morpholine rings is 1. The van der Waals surface area contributed by atoms with Crippen LogP contribution in [0, 0.1) is 0 Å². The number of nitrogens with two attached hydrogens (primary N) is 1. The summed E-state index contributed by atoms with van der Waals surface area (Å²) in [5, 5.41) is 5.18. The van der Waals surface area contributed by atoms with Crippen molar-refractivity contribution < 1.29 is 17.9 Å². The summed E-state index contributed by atoms with van der Waals surface area (Å²) in [5.74, 6) is -0.446. The summed E-state index contributed by atoms with van der Waals surface area (Å²) >= 11 is 5.95. The van der Waals surface area contributed by atoms with Crippen LogP contribution in [0.15, 0.2) is 23.1 Å². The van der Waals surface area contributed by atoms with Gasteiger partial charge in [-0.3, -0.25) is 4.79 Å². The average Bonchev–Trinajstić information content (AvgIpc) is 2.37. The Balaban J connectivity index is 2.46. The lowest BCUT2D eigenvalue weighted by Crippen LogP contribution is -2.41. The van der Waals surface area contributed by atoms with Gasteiger partial charge in [0.25, 0.3) is 5.91 Å². The van der Waals surface area contributed by atoms with Crippen LogP contribution >= 0.6 is 11.6 Å². The topological polar surface area (TPSA) is 89.7 Å². The fraction of sp³-hybridized carbons (Fsp3) is 0.364. The minimum Gasteiger partial charge on any atom is -0.378 e. The minimum atomic E-state index is -4.00.